The van der Waals surface area contributed by atoms with Gasteiger partial charge >= 0.3 is 0 Å². The van der Waals surface area contributed by atoms with E-state index in [0.29, 0.717) is 0 Å². The standard InChI is InChI=1S/C15H22N2O2/c1-3-19-12-9-16-8-11-17-10-7-13-14(17)5-4-6-15(13)18-2/h4-7,10,16H,3,8-9,11-12H2,1-2H3. The van der Waals surface area contributed by atoms with Gasteiger partial charge in [-0.15, -0.1) is 0 Å². The van der Waals surface area contributed by atoms with Gasteiger partial charge < -0.3 is 19.4 Å². The van der Waals surface area contributed by atoms with E-state index < -0.39 is 0 Å². The molecule has 0 amide bonds. The number of rotatable bonds is 8. The lowest BCUT2D eigenvalue weighted by molar-refractivity contribution is 0.149. The second-order valence-corrected chi connectivity index (χ2v) is 4.35. The maximum atomic E-state index is 5.37. The number of benzene rings is 1. The summed E-state index contributed by atoms with van der Waals surface area (Å²) >= 11 is 0. The van der Waals surface area contributed by atoms with Crippen molar-refractivity contribution in [2.75, 3.05) is 33.4 Å². The molecule has 0 atom stereocenters. The summed E-state index contributed by atoms with van der Waals surface area (Å²) in [4.78, 5) is 0. The molecule has 0 aliphatic rings. The minimum Gasteiger partial charge on any atom is -0.496 e. The Hall–Kier alpha value is -1.52. The van der Waals surface area contributed by atoms with Gasteiger partial charge in [-0.1, -0.05) is 6.07 Å². The van der Waals surface area contributed by atoms with Crippen molar-refractivity contribution in [1.82, 2.24) is 9.88 Å². The van der Waals surface area contributed by atoms with Crippen molar-refractivity contribution in [1.29, 1.82) is 0 Å². The largest absolute Gasteiger partial charge is 0.496 e. The molecule has 0 saturated heterocycles. The molecule has 0 spiro atoms. The molecule has 0 unspecified atom stereocenters. The quantitative estimate of drug-likeness (QED) is 0.741. The van der Waals surface area contributed by atoms with Crippen LogP contribution in [0.1, 0.15) is 6.92 Å². The molecule has 0 bridgehead atoms. The van der Waals surface area contributed by atoms with Gasteiger partial charge in [0.2, 0.25) is 0 Å². The van der Waals surface area contributed by atoms with Crippen LogP contribution in [0.4, 0.5) is 0 Å². The maximum Gasteiger partial charge on any atom is 0.128 e. The first-order chi connectivity index (χ1) is 9.36. The SMILES string of the molecule is CCOCCNCCn1ccc2c(OC)cccc21. The number of hydrogen-bond donors (Lipinski definition) is 1. The van der Waals surface area contributed by atoms with Crippen LogP contribution >= 0.6 is 0 Å². The second kappa shape index (κ2) is 7.16. The third-order valence-corrected chi connectivity index (χ3v) is 3.15. The van der Waals surface area contributed by atoms with Crippen LogP contribution in [0.15, 0.2) is 30.5 Å². The van der Waals surface area contributed by atoms with E-state index in [1.807, 2.05) is 19.1 Å². The molecule has 0 aliphatic carbocycles. The molecule has 0 aliphatic heterocycles. The molecule has 0 radical (unpaired) electrons. The number of nitrogens with one attached hydrogen (secondary N) is 1. The molecule has 0 saturated carbocycles. The number of fused-ring (bicyclic) bond motifs is 1. The molecular weight excluding hydrogens is 240 g/mol. The molecule has 4 heteroatoms. The topological polar surface area (TPSA) is 35.4 Å². The fraction of sp³-hybridized carbons (Fsp3) is 0.467. The Balaban J connectivity index is 1.91. The summed E-state index contributed by atoms with van der Waals surface area (Å²) in [7, 11) is 1.71. The molecule has 1 heterocycles. The number of hydrogen-bond acceptors (Lipinski definition) is 3. The van der Waals surface area contributed by atoms with E-state index in [2.05, 4.69) is 28.2 Å². The van der Waals surface area contributed by atoms with E-state index in [9.17, 15) is 0 Å². The Labute approximate surface area is 114 Å². The van der Waals surface area contributed by atoms with E-state index in [1.165, 1.54) is 10.9 Å². The zero-order chi connectivity index (χ0) is 13.5. The highest BCUT2D eigenvalue weighted by atomic mass is 16.5. The zero-order valence-corrected chi connectivity index (χ0v) is 11.7. The molecule has 19 heavy (non-hydrogen) atoms. The smallest absolute Gasteiger partial charge is 0.128 e. The molecule has 4 nitrogen and oxygen atoms in total. The van der Waals surface area contributed by atoms with Crippen LogP contribution in [0.5, 0.6) is 5.75 Å². The van der Waals surface area contributed by atoms with Crippen molar-refractivity contribution < 1.29 is 9.47 Å². The van der Waals surface area contributed by atoms with E-state index in [1.54, 1.807) is 7.11 Å². The molecular formula is C15H22N2O2. The lowest BCUT2D eigenvalue weighted by Crippen LogP contribution is -2.23. The second-order valence-electron chi connectivity index (χ2n) is 4.35. The highest BCUT2D eigenvalue weighted by molar-refractivity contribution is 5.86. The molecule has 2 aromatic rings. The van der Waals surface area contributed by atoms with E-state index >= 15 is 0 Å². The van der Waals surface area contributed by atoms with Crippen LogP contribution in [0.25, 0.3) is 10.9 Å². The fourth-order valence-corrected chi connectivity index (χ4v) is 2.18. The highest BCUT2D eigenvalue weighted by Gasteiger charge is 2.04. The zero-order valence-electron chi connectivity index (χ0n) is 11.7. The van der Waals surface area contributed by atoms with E-state index in [4.69, 9.17) is 9.47 Å². The number of methoxy groups -OCH3 is 1. The molecule has 1 aromatic carbocycles. The monoisotopic (exact) mass is 262 g/mol. The van der Waals surface area contributed by atoms with Gasteiger partial charge in [0.05, 0.1) is 19.2 Å². The van der Waals surface area contributed by atoms with Crippen LogP contribution in [0, 0.1) is 0 Å². The first kappa shape index (κ1) is 13.9. The Morgan fingerprint density at radius 1 is 1.21 bits per heavy atom. The number of ether oxygens (including phenoxy) is 2. The summed E-state index contributed by atoms with van der Waals surface area (Å²) < 4.78 is 12.9. The van der Waals surface area contributed by atoms with Crippen molar-refractivity contribution in [3.8, 4) is 5.75 Å². The van der Waals surface area contributed by atoms with Crippen molar-refractivity contribution >= 4 is 10.9 Å². The van der Waals surface area contributed by atoms with Crippen LogP contribution in [0.3, 0.4) is 0 Å². The van der Waals surface area contributed by atoms with Crippen LogP contribution in [-0.4, -0.2) is 38.0 Å². The average Bonchev–Trinajstić information content (AvgIpc) is 2.86. The Morgan fingerprint density at radius 3 is 2.89 bits per heavy atom. The summed E-state index contributed by atoms with van der Waals surface area (Å²) in [6.45, 7) is 6.35. The van der Waals surface area contributed by atoms with Gasteiger partial charge in [-0.3, -0.25) is 0 Å². The van der Waals surface area contributed by atoms with Crippen LogP contribution in [-0.2, 0) is 11.3 Å². The minimum atomic E-state index is 0.775. The molecule has 1 N–H and O–H groups in total. The summed E-state index contributed by atoms with van der Waals surface area (Å²) in [5.41, 5.74) is 1.21. The normalized spacial score (nSPS) is 11.1. The van der Waals surface area contributed by atoms with Gasteiger partial charge in [0.1, 0.15) is 5.75 Å². The third kappa shape index (κ3) is 3.49. The third-order valence-electron chi connectivity index (χ3n) is 3.15. The summed E-state index contributed by atoms with van der Waals surface area (Å²) in [6.07, 6.45) is 2.11. The van der Waals surface area contributed by atoms with Gasteiger partial charge in [-0.05, 0) is 25.1 Å². The molecule has 104 valence electrons. The number of aromatic nitrogens is 1. The average molecular weight is 262 g/mol. The first-order valence-corrected chi connectivity index (χ1v) is 6.77. The highest BCUT2D eigenvalue weighted by Crippen LogP contribution is 2.25. The van der Waals surface area contributed by atoms with E-state index in [-0.39, 0.29) is 0 Å². The van der Waals surface area contributed by atoms with Gasteiger partial charge in [0, 0.05) is 37.8 Å². The first-order valence-electron chi connectivity index (χ1n) is 6.77. The van der Waals surface area contributed by atoms with Gasteiger partial charge in [0.15, 0.2) is 0 Å². The molecule has 0 fully saturated rings. The molecule has 1 aromatic heterocycles. The van der Waals surface area contributed by atoms with Crippen LogP contribution < -0.4 is 10.1 Å². The Morgan fingerprint density at radius 2 is 2.11 bits per heavy atom. The van der Waals surface area contributed by atoms with Crippen molar-refractivity contribution in [2.45, 2.75) is 13.5 Å². The lowest BCUT2D eigenvalue weighted by Gasteiger charge is -2.08. The number of nitrogens with zero attached hydrogens (tertiary/aromatic N) is 1. The molecule has 2 rings (SSSR count). The Kier molecular flexibility index (Phi) is 5.24. The van der Waals surface area contributed by atoms with Gasteiger partial charge in [-0.25, -0.2) is 0 Å². The summed E-state index contributed by atoms with van der Waals surface area (Å²) in [5.74, 6) is 0.931. The van der Waals surface area contributed by atoms with Gasteiger partial charge in [0.25, 0.3) is 0 Å². The minimum absolute atomic E-state index is 0.775. The summed E-state index contributed by atoms with van der Waals surface area (Å²) in [6, 6.07) is 8.25. The predicted octanol–water partition coefficient (Wildman–Crippen LogP) is 2.28. The van der Waals surface area contributed by atoms with Gasteiger partial charge in [-0.2, -0.15) is 0 Å². The summed E-state index contributed by atoms with van der Waals surface area (Å²) in [5, 5.41) is 4.54. The van der Waals surface area contributed by atoms with Crippen molar-refractivity contribution in [2.24, 2.45) is 0 Å². The van der Waals surface area contributed by atoms with E-state index in [0.717, 1.165) is 38.6 Å². The van der Waals surface area contributed by atoms with Crippen molar-refractivity contribution in [3.05, 3.63) is 30.5 Å². The van der Waals surface area contributed by atoms with Crippen molar-refractivity contribution in [3.63, 3.8) is 0 Å². The van der Waals surface area contributed by atoms with Crippen LogP contribution in [0.2, 0.25) is 0 Å². The Bertz CT molecular complexity index is 508. The predicted molar refractivity (Wildman–Crippen MR) is 77.9 cm³/mol. The maximum absolute atomic E-state index is 5.37. The lowest BCUT2D eigenvalue weighted by atomic mass is 10.2. The fourth-order valence-electron chi connectivity index (χ4n) is 2.18.